The van der Waals surface area contributed by atoms with Crippen molar-refractivity contribution in [1.82, 2.24) is 0 Å². The van der Waals surface area contributed by atoms with Gasteiger partial charge in [0.2, 0.25) is 0 Å². The van der Waals surface area contributed by atoms with Crippen LogP contribution in [0.25, 0.3) is 0 Å². The topological polar surface area (TPSA) is 72.6 Å². The van der Waals surface area contributed by atoms with Gasteiger partial charge in [-0.2, -0.15) is 0 Å². The summed E-state index contributed by atoms with van der Waals surface area (Å²) in [6.07, 6.45) is 0. The lowest BCUT2D eigenvalue weighted by atomic mass is 10.2. The van der Waals surface area contributed by atoms with E-state index in [1.165, 1.54) is 18.2 Å². The lowest BCUT2D eigenvalue weighted by Gasteiger charge is -2.11. The summed E-state index contributed by atoms with van der Waals surface area (Å²) < 4.78 is 6.35. The number of nitrogens with two attached hydrogens (primary N) is 1. The number of carbonyl (C=O) groups is 1. The quantitative estimate of drug-likeness (QED) is 0.821. The predicted molar refractivity (Wildman–Crippen MR) is 77.0 cm³/mol. The van der Waals surface area contributed by atoms with E-state index in [0.29, 0.717) is 16.5 Å². The van der Waals surface area contributed by atoms with Gasteiger partial charge in [-0.3, -0.25) is 0 Å². The zero-order valence-electron chi connectivity index (χ0n) is 9.56. The maximum Gasteiger partial charge on any atom is 0.335 e. The van der Waals surface area contributed by atoms with Crippen LogP contribution in [0.1, 0.15) is 10.4 Å². The van der Waals surface area contributed by atoms with E-state index in [1.807, 2.05) is 0 Å². The number of rotatable bonds is 3. The Balaban J connectivity index is 2.40. The van der Waals surface area contributed by atoms with Crippen molar-refractivity contribution in [1.29, 1.82) is 0 Å². The summed E-state index contributed by atoms with van der Waals surface area (Å²) in [4.78, 5) is 10.9. The molecule has 0 aliphatic rings. The summed E-state index contributed by atoms with van der Waals surface area (Å²) in [5.41, 5.74) is 6.18. The Bertz CT molecular complexity index is 646. The summed E-state index contributed by atoms with van der Waals surface area (Å²) in [5, 5.41) is 9.34. The van der Waals surface area contributed by atoms with Crippen LogP contribution < -0.4 is 10.5 Å². The van der Waals surface area contributed by atoms with E-state index >= 15 is 0 Å². The molecule has 3 N–H and O–H groups in total. The number of anilines is 1. The van der Waals surface area contributed by atoms with E-state index in [9.17, 15) is 4.79 Å². The molecule has 0 radical (unpaired) electrons. The maximum absolute atomic E-state index is 10.9. The number of hydrogen-bond acceptors (Lipinski definition) is 3. The van der Waals surface area contributed by atoms with Crippen LogP contribution in [0, 0.1) is 0 Å². The van der Waals surface area contributed by atoms with Crippen molar-refractivity contribution in [3.05, 3.63) is 51.5 Å². The van der Waals surface area contributed by atoms with Crippen molar-refractivity contribution in [2.45, 2.75) is 0 Å². The molecule has 0 atom stereocenters. The maximum atomic E-state index is 10.9. The van der Waals surface area contributed by atoms with Gasteiger partial charge in [0.1, 0.15) is 5.75 Å². The Morgan fingerprint density at radius 1 is 1.21 bits per heavy atom. The van der Waals surface area contributed by atoms with Crippen molar-refractivity contribution in [3.8, 4) is 11.5 Å². The SMILES string of the molecule is Nc1ccc(C(=O)O)cc1Oc1cc(Br)ccc1Cl. The Hall–Kier alpha value is -1.72. The molecule has 19 heavy (non-hydrogen) atoms. The molecule has 2 rings (SSSR count). The average molecular weight is 343 g/mol. The molecule has 0 saturated carbocycles. The predicted octanol–water partition coefficient (Wildman–Crippen LogP) is 4.18. The van der Waals surface area contributed by atoms with E-state index in [1.54, 1.807) is 18.2 Å². The standard InChI is InChI=1S/C13H9BrClNO3/c14-8-2-3-9(15)11(6-8)19-12-5-7(13(17)18)1-4-10(12)16/h1-6H,16H2,(H,17,18). The molecular formula is C13H9BrClNO3. The second kappa shape index (κ2) is 5.50. The lowest BCUT2D eigenvalue weighted by molar-refractivity contribution is 0.0696. The zero-order valence-corrected chi connectivity index (χ0v) is 11.9. The fourth-order valence-electron chi connectivity index (χ4n) is 1.43. The largest absolute Gasteiger partial charge is 0.478 e. The molecule has 6 heteroatoms. The number of halogens is 2. The highest BCUT2D eigenvalue weighted by Gasteiger charge is 2.10. The van der Waals surface area contributed by atoms with Crippen molar-refractivity contribution in [2.75, 3.05) is 5.73 Å². The molecule has 0 unspecified atom stereocenters. The Kier molecular flexibility index (Phi) is 3.97. The van der Waals surface area contributed by atoms with Crippen LogP contribution in [0.5, 0.6) is 11.5 Å². The van der Waals surface area contributed by atoms with Crippen molar-refractivity contribution in [3.63, 3.8) is 0 Å². The minimum Gasteiger partial charge on any atom is -0.478 e. The summed E-state index contributed by atoms with van der Waals surface area (Å²) in [5.74, 6) is -0.407. The number of nitrogen functional groups attached to an aromatic ring is 1. The molecule has 4 nitrogen and oxygen atoms in total. The number of aromatic carboxylic acids is 1. The minimum atomic E-state index is -1.05. The monoisotopic (exact) mass is 341 g/mol. The van der Waals surface area contributed by atoms with Gasteiger partial charge < -0.3 is 15.6 Å². The van der Waals surface area contributed by atoms with Crippen molar-refractivity contribution in [2.24, 2.45) is 0 Å². The van der Waals surface area contributed by atoms with E-state index in [4.69, 9.17) is 27.2 Å². The third-order valence-electron chi connectivity index (χ3n) is 2.37. The van der Waals surface area contributed by atoms with Gasteiger partial charge in [0.25, 0.3) is 0 Å². The highest BCUT2D eigenvalue weighted by molar-refractivity contribution is 9.10. The third-order valence-corrected chi connectivity index (χ3v) is 3.18. The van der Waals surface area contributed by atoms with Gasteiger partial charge in [-0.1, -0.05) is 27.5 Å². The first kappa shape index (κ1) is 13.7. The number of carboxylic acid groups (broad SMARTS) is 1. The molecule has 0 heterocycles. The number of carboxylic acids is 1. The van der Waals surface area contributed by atoms with E-state index in [2.05, 4.69) is 15.9 Å². The normalized spacial score (nSPS) is 10.2. The Labute approximate surface area is 122 Å². The molecule has 2 aromatic carbocycles. The smallest absolute Gasteiger partial charge is 0.335 e. The van der Waals surface area contributed by atoms with Gasteiger partial charge in [-0.25, -0.2) is 4.79 Å². The van der Waals surface area contributed by atoms with Crippen LogP contribution in [-0.4, -0.2) is 11.1 Å². The van der Waals surface area contributed by atoms with Crippen LogP contribution in [-0.2, 0) is 0 Å². The van der Waals surface area contributed by atoms with E-state index in [-0.39, 0.29) is 11.3 Å². The van der Waals surface area contributed by atoms with Gasteiger partial charge in [0.05, 0.1) is 16.3 Å². The second-order valence-electron chi connectivity index (χ2n) is 3.73. The fraction of sp³-hybridized carbons (Fsp3) is 0. The number of hydrogen-bond donors (Lipinski definition) is 2. The molecule has 2 aromatic rings. The second-order valence-corrected chi connectivity index (χ2v) is 5.06. The highest BCUT2D eigenvalue weighted by Crippen LogP contribution is 2.34. The molecule has 0 bridgehead atoms. The van der Waals surface area contributed by atoms with Crippen LogP contribution in [0.15, 0.2) is 40.9 Å². The first-order valence-electron chi connectivity index (χ1n) is 5.23. The fourth-order valence-corrected chi connectivity index (χ4v) is 1.93. The van der Waals surface area contributed by atoms with Crippen molar-refractivity contribution >= 4 is 39.2 Å². The van der Waals surface area contributed by atoms with Gasteiger partial charge in [-0.05, 0) is 36.4 Å². The van der Waals surface area contributed by atoms with Crippen LogP contribution in [0.4, 0.5) is 5.69 Å². The molecule has 0 fully saturated rings. The highest BCUT2D eigenvalue weighted by atomic mass is 79.9. The summed E-state index contributed by atoms with van der Waals surface area (Å²) in [7, 11) is 0. The van der Waals surface area contributed by atoms with Crippen LogP contribution in [0.3, 0.4) is 0 Å². The summed E-state index contributed by atoms with van der Waals surface area (Å²) >= 11 is 9.30. The van der Waals surface area contributed by atoms with E-state index < -0.39 is 5.97 Å². The van der Waals surface area contributed by atoms with Gasteiger partial charge in [-0.15, -0.1) is 0 Å². The van der Waals surface area contributed by atoms with Crippen molar-refractivity contribution < 1.29 is 14.6 Å². The van der Waals surface area contributed by atoms with E-state index in [0.717, 1.165) is 4.47 Å². The average Bonchev–Trinajstić information content (AvgIpc) is 2.36. The summed E-state index contributed by atoms with van der Waals surface area (Å²) in [6.45, 7) is 0. The lowest BCUT2D eigenvalue weighted by Crippen LogP contribution is -1.99. The van der Waals surface area contributed by atoms with Crippen LogP contribution >= 0.6 is 27.5 Å². The Morgan fingerprint density at radius 2 is 1.95 bits per heavy atom. The molecular weight excluding hydrogens is 334 g/mol. The van der Waals surface area contributed by atoms with Gasteiger partial charge in [0.15, 0.2) is 5.75 Å². The molecule has 0 aliphatic heterocycles. The molecule has 0 saturated heterocycles. The number of ether oxygens (including phenoxy) is 1. The first-order chi connectivity index (χ1) is 8.97. The zero-order chi connectivity index (χ0) is 14.0. The third kappa shape index (κ3) is 3.19. The molecule has 0 spiro atoms. The number of benzene rings is 2. The molecule has 98 valence electrons. The molecule has 0 amide bonds. The minimum absolute atomic E-state index is 0.0929. The molecule has 0 aliphatic carbocycles. The summed E-state index contributed by atoms with van der Waals surface area (Å²) in [6, 6.07) is 9.35. The Morgan fingerprint density at radius 3 is 2.63 bits per heavy atom. The van der Waals surface area contributed by atoms with Gasteiger partial charge in [0, 0.05) is 4.47 Å². The molecule has 0 aromatic heterocycles. The first-order valence-corrected chi connectivity index (χ1v) is 6.40. The van der Waals surface area contributed by atoms with Crippen LogP contribution in [0.2, 0.25) is 5.02 Å². The van der Waals surface area contributed by atoms with Gasteiger partial charge >= 0.3 is 5.97 Å².